The fourth-order valence-corrected chi connectivity index (χ4v) is 5.42. The Labute approximate surface area is 200 Å². The van der Waals surface area contributed by atoms with E-state index < -0.39 is 6.03 Å². The molecule has 0 unspecified atom stereocenters. The van der Waals surface area contributed by atoms with Crippen LogP contribution in [0.3, 0.4) is 0 Å². The highest BCUT2D eigenvalue weighted by atomic mass is 35.5. The van der Waals surface area contributed by atoms with Crippen LogP contribution in [0.4, 0.5) is 22.2 Å². The standard InChI is InChI=1S/C24H34ClN7O/c1-31(2)22-18-7-3-4-9-20(18)29-24(30-22)28-16-10-12-17(13-11-16)32(23(27)33)21-15(14-26)6-5-8-19(21)25/h5-6,8,16-17H,3-4,7,9-14,26H2,1-2H3,(H2,27,33)(H,28,29,30). The smallest absolute Gasteiger partial charge is 0.319 e. The lowest BCUT2D eigenvalue weighted by molar-refractivity contribution is 0.248. The zero-order chi connectivity index (χ0) is 23.5. The van der Waals surface area contributed by atoms with Gasteiger partial charge >= 0.3 is 6.03 Å². The first-order chi connectivity index (χ1) is 15.9. The molecule has 1 aromatic heterocycles. The second-order valence-electron chi connectivity index (χ2n) is 9.21. The summed E-state index contributed by atoms with van der Waals surface area (Å²) < 4.78 is 0. The van der Waals surface area contributed by atoms with Crippen LogP contribution < -0.4 is 26.6 Å². The van der Waals surface area contributed by atoms with Gasteiger partial charge in [-0.2, -0.15) is 4.98 Å². The Hall–Kier alpha value is -2.58. The number of aromatic nitrogens is 2. The number of para-hydroxylation sites is 1. The van der Waals surface area contributed by atoms with E-state index >= 15 is 0 Å². The summed E-state index contributed by atoms with van der Waals surface area (Å²) >= 11 is 6.46. The van der Waals surface area contributed by atoms with E-state index in [0.717, 1.165) is 49.9 Å². The SMILES string of the molecule is CN(C)c1nc(NC2CCC(N(C(N)=O)c3c(Cl)cccc3CN)CC2)nc2c1CCCC2. The summed E-state index contributed by atoms with van der Waals surface area (Å²) in [5.74, 6) is 1.72. The van der Waals surface area contributed by atoms with Gasteiger partial charge in [-0.1, -0.05) is 23.7 Å². The summed E-state index contributed by atoms with van der Waals surface area (Å²) in [6.45, 7) is 0.292. The molecule has 0 saturated heterocycles. The van der Waals surface area contributed by atoms with Crippen LogP contribution in [0, 0.1) is 0 Å². The van der Waals surface area contributed by atoms with Gasteiger partial charge in [0.2, 0.25) is 5.95 Å². The molecule has 1 fully saturated rings. The predicted octanol–water partition coefficient (Wildman–Crippen LogP) is 3.84. The van der Waals surface area contributed by atoms with E-state index in [1.165, 1.54) is 24.1 Å². The number of anilines is 3. The number of urea groups is 1. The maximum absolute atomic E-state index is 12.4. The number of aryl methyl sites for hydroxylation is 1. The van der Waals surface area contributed by atoms with Crippen molar-refractivity contribution in [2.45, 2.75) is 70.0 Å². The van der Waals surface area contributed by atoms with Crippen LogP contribution in [0.1, 0.15) is 55.3 Å². The van der Waals surface area contributed by atoms with Gasteiger partial charge in [0, 0.05) is 38.3 Å². The number of hydrogen-bond donors (Lipinski definition) is 3. The van der Waals surface area contributed by atoms with E-state index in [4.69, 9.17) is 33.0 Å². The minimum absolute atomic E-state index is 0.0208. The maximum Gasteiger partial charge on any atom is 0.319 e. The van der Waals surface area contributed by atoms with Crippen LogP contribution in [0.25, 0.3) is 0 Å². The van der Waals surface area contributed by atoms with Gasteiger partial charge < -0.3 is 21.7 Å². The van der Waals surface area contributed by atoms with Crippen LogP contribution in [-0.4, -0.2) is 42.2 Å². The molecule has 0 atom stereocenters. The normalized spacial score (nSPS) is 20.1. The quantitative estimate of drug-likeness (QED) is 0.589. The molecule has 0 spiro atoms. The first-order valence-electron chi connectivity index (χ1n) is 11.8. The molecule has 5 N–H and O–H groups in total. The average molecular weight is 472 g/mol. The second kappa shape index (κ2) is 10.1. The van der Waals surface area contributed by atoms with Crippen molar-refractivity contribution in [2.24, 2.45) is 11.5 Å². The lowest BCUT2D eigenvalue weighted by atomic mass is 9.89. The van der Waals surface area contributed by atoms with E-state index in [-0.39, 0.29) is 12.1 Å². The number of benzene rings is 1. The highest BCUT2D eigenvalue weighted by molar-refractivity contribution is 6.34. The number of hydrogen-bond acceptors (Lipinski definition) is 6. The van der Waals surface area contributed by atoms with Gasteiger partial charge in [0.05, 0.1) is 16.4 Å². The van der Waals surface area contributed by atoms with Crippen molar-refractivity contribution in [3.63, 3.8) is 0 Å². The van der Waals surface area contributed by atoms with E-state index in [0.29, 0.717) is 23.2 Å². The summed E-state index contributed by atoms with van der Waals surface area (Å²) in [5, 5.41) is 4.06. The van der Waals surface area contributed by atoms with E-state index in [2.05, 4.69) is 10.2 Å². The third kappa shape index (κ3) is 5.01. The number of amides is 2. The molecule has 1 heterocycles. The van der Waals surface area contributed by atoms with Crippen molar-refractivity contribution in [3.05, 3.63) is 40.0 Å². The first kappa shape index (κ1) is 23.6. The maximum atomic E-state index is 12.4. The summed E-state index contributed by atoms with van der Waals surface area (Å²) in [7, 11) is 4.07. The van der Waals surface area contributed by atoms with Crippen molar-refractivity contribution >= 4 is 35.1 Å². The van der Waals surface area contributed by atoms with E-state index in [1.807, 2.05) is 26.2 Å². The van der Waals surface area contributed by atoms with Crippen molar-refractivity contribution in [3.8, 4) is 0 Å². The zero-order valence-corrected chi connectivity index (χ0v) is 20.2. The molecule has 33 heavy (non-hydrogen) atoms. The Bertz CT molecular complexity index is 1000. The van der Waals surface area contributed by atoms with Crippen molar-refractivity contribution in [2.75, 3.05) is 29.2 Å². The molecular weight excluding hydrogens is 438 g/mol. The number of primary amides is 1. The molecule has 2 aliphatic rings. The van der Waals surface area contributed by atoms with E-state index in [1.54, 1.807) is 11.0 Å². The third-order valence-electron chi connectivity index (χ3n) is 6.75. The Morgan fingerprint density at radius 3 is 2.55 bits per heavy atom. The molecule has 2 aliphatic carbocycles. The first-order valence-corrected chi connectivity index (χ1v) is 12.2. The van der Waals surface area contributed by atoms with Gasteiger partial charge in [-0.15, -0.1) is 0 Å². The number of rotatable bonds is 6. The van der Waals surface area contributed by atoms with Crippen LogP contribution in [0.5, 0.6) is 0 Å². The monoisotopic (exact) mass is 471 g/mol. The summed E-state index contributed by atoms with van der Waals surface area (Å²) in [5.41, 5.74) is 15.6. The largest absolute Gasteiger partial charge is 0.362 e. The second-order valence-corrected chi connectivity index (χ2v) is 9.61. The van der Waals surface area contributed by atoms with Gasteiger partial charge in [-0.05, 0) is 63.0 Å². The Balaban J connectivity index is 1.48. The highest BCUT2D eigenvalue weighted by Crippen LogP contribution is 2.36. The molecule has 1 aromatic carbocycles. The topological polar surface area (TPSA) is 113 Å². The summed E-state index contributed by atoms with van der Waals surface area (Å²) in [4.78, 5) is 25.8. The molecule has 0 aliphatic heterocycles. The molecule has 0 bridgehead atoms. The molecular formula is C24H34ClN7O. The summed E-state index contributed by atoms with van der Waals surface area (Å²) in [6.07, 6.45) is 7.81. The predicted molar refractivity (Wildman–Crippen MR) is 134 cm³/mol. The summed E-state index contributed by atoms with van der Waals surface area (Å²) in [6, 6.07) is 5.23. The minimum atomic E-state index is -0.497. The Kier molecular flexibility index (Phi) is 7.24. The van der Waals surface area contributed by atoms with Crippen LogP contribution in [0.15, 0.2) is 18.2 Å². The Morgan fingerprint density at radius 2 is 1.88 bits per heavy atom. The zero-order valence-electron chi connectivity index (χ0n) is 19.5. The molecule has 0 radical (unpaired) electrons. The number of nitrogens with two attached hydrogens (primary N) is 2. The van der Waals surface area contributed by atoms with Crippen molar-refractivity contribution < 1.29 is 4.79 Å². The number of halogens is 1. The molecule has 8 nitrogen and oxygen atoms in total. The number of fused-ring (bicyclic) bond motifs is 1. The number of nitrogens with one attached hydrogen (secondary N) is 1. The lowest BCUT2D eigenvalue weighted by Gasteiger charge is -2.37. The lowest BCUT2D eigenvalue weighted by Crippen LogP contribution is -2.47. The average Bonchev–Trinajstić information content (AvgIpc) is 2.80. The molecule has 9 heteroatoms. The molecule has 4 rings (SSSR count). The van der Waals surface area contributed by atoms with Gasteiger partial charge in [-0.25, -0.2) is 9.78 Å². The minimum Gasteiger partial charge on any atom is -0.362 e. The number of carbonyl (C=O) groups excluding carboxylic acids is 1. The van der Waals surface area contributed by atoms with Gasteiger partial charge in [0.25, 0.3) is 0 Å². The molecule has 1 saturated carbocycles. The number of nitrogens with zero attached hydrogens (tertiary/aromatic N) is 4. The van der Waals surface area contributed by atoms with Gasteiger partial charge in [0.15, 0.2) is 0 Å². The van der Waals surface area contributed by atoms with Crippen molar-refractivity contribution in [1.82, 2.24) is 9.97 Å². The van der Waals surface area contributed by atoms with E-state index in [9.17, 15) is 4.79 Å². The molecule has 178 valence electrons. The van der Waals surface area contributed by atoms with Crippen LogP contribution in [-0.2, 0) is 19.4 Å². The van der Waals surface area contributed by atoms with Crippen molar-refractivity contribution in [1.29, 1.82) is 0 Å². The van der Waals surface area contributed by atoms with Gasteiger partial charge in [-0.3, -0.25) is 4.90 Å². The third-order valence-corrected chi connectivity index (χ3v) is 7.05. The van der Waals surface area contributed by atoms with Crippen LogP contribution >= 0.6 is 11.6 Å². The van der Waals surface area contributed by atoms with Crippen LogP contribution in [0.2, 0.25) is 5.02 Å². The molecule has 2 aromatic rings. The Morgan fingerprint density at radius 1 is 1.15 bits per heavy atom. The highest BCUT2D eigenvalue weighted by Gasteiger charge is 2.32. The number of carbonyl (C=O) groups is 1. The fraction of sp³-hybridized carbons (Fsp3) is 0.542. The van der Waals surface area contributed by atoms with Gasteiger partial charge in [0.1, 0.15) is 5.82 Å². The fourth-order valence-electron chi connectivity index (χ4n) is 5.14. The molecule has 2 amide bonds.